The molecule has 0 aliphatic carbocycles. The monoisotopic (exact) mass is 445 g/mol. The van der Waals surface area contributed by atoms with Crippen molar-refractivity contribution < 1.29 is 14.3 Å². The largest absolute Gasteiger partial charge is 0.490 e. The third-order valence-electron chi connectivity index (χ3n) is 4.09. The lowest BCUT2D eigenvalue weighted by Gasteiger charge is -2.13. The van der Waals surface area contributed by atoms with Crippen molar-refractivity contribution in [2.45, 2.75) is 13.5 Å². The topological polar surface area (TPSA) is 38.8 Å². The van der Waals surface area contributed by atoms with Crippen molar-refractivity contribution >= 4 is 51.9 Å². The van der Waals surface area contributed by atoms with Gasteiger partial charge in [-0.1, -0.05) is 65.9 Å². The first-order valence-electron chi connectivity index (χ1n) is 9.02. The Morgan fingerprint density at radius 1 is 1.21 bits per heavy atom. The van der Waals surface area contributed by atoms with Crippen LogP contribution >= 0.6 is 35.6 Å². The molecule has 0 radical (unpaired) electrons. The van der Waals surface area contributed by atoms with E-state index < -0.39 is 0 Å². The first-order valence-corrected chi connectivity index (χ1v) is 10.6. The second kappa shape index (κ2) is 9.96. The molecule has 0 bridgehead atoms. The number of carbonyl (C=O) groups excluding carboxylic acids is 1. The molecule has 2 aromatic rings. The quantitative estimate of drug-likeness (QED) is 0.296. The van der Waals surface area contributed by atoms with Crippen molar-refractivity contribution in [3.63, 3.8) is 0 Å². The van der Waals surface area contributed by atoms with E-state index >= 15 is 0 Å². The molecule has 0 saturated carbocycles. The fraction of sp³-hybridized carbons (Fsp3) is 0.182. The number of hydrogen-bond acceptors (Lipinski definition) is 5. The zero-order chi connectivity index (χ0) is 20.8. The van der Waals surface area contributed by atoms with E-state index in [9.17, 15) is 4.79 Å². The minimum atomic E-state index is -0.114. The Morgan fingerprint density at radius 3 is 2.72 bits per heavy atom. The van der Waals surface area contributed by atoms with Gasteiger partial charge in [-0.25, -0.2) is 0 Å². The van der Waals surface area contributed by atoms with Gasteiger partial charge in [0.05, 0.1) is 11.5 Å². The van der Waals surface area contributed by atoms with Crippen molar-refractivity contribution in [2.75, 3.05) is 13.2 Å². The summed E-state index contributed by atoms with van der Waals surface area (Å²) in [6.45, 7) is 6.81. The van der Waals surface area contributed by atoms with Crippen molar-refractivity contribution in [1.29, 1.82) is 0 Å². The van der Waals surface area contributed by atoms with Crippen molar-refractivity contribution in [3.8, 4) is 11.5 Å². The molecule has 7 heteroatoms. The van der Waals surface area contributed by atoms with Gasteiger partial charge in [0, 0.05) is 17.1 Å². The van der Waals surface area contributed by atoms with Crippen LogP contribution in [0.25, 0.3) is 6.08 Å². The molecule has 0 N–H and O–H groups in total. The van der Waals surface area contributed by atoms with Gasteiger partial charge in [-0.3, -0.25) is 9.69 Å². The van der Waals surface area contributed by atoms with E-state index in [-0.39, 0.29) is 5.91 Å². The molecule has 2 aromatic carbocycles. The van der Waals surface area contributed by atoms with Crippen LogP contribution in [-0.2, 0) is 11.4 Å². The average Bonchev–Trinajstić information content (AvgIpc) is 2.96. The van der Waals surface area contributed by atoms with Gasteiger partial charge in [-0.2, -0.15) is 0 Å². The second-order valence-electron chi connectivity index (χ2n) is 6.10. The van der Waals surface area contributed by atoms with E-state index in [4.69, 9.17) is 33.3 Å². The smallest absolute Gasteiger partial charge is 0.266 e. The Morgan fingerprint density at radius 2 is 2.00 bits per heavy atom. The summed E-state index contributed by atoms with van der Waals surface area (Å²) in [6, 6.07) is 13.1. The summed E-state index contributed by atoms with van der Waals surface area (Å²) < 4.78 is 12.2. The number of halogens is 1. The van der Waals surface area contributed by atoms with E-state index in [1.807, 2.05) is 55.5 Å². The molecular weight excluding hydrogens is 426 g/mol. The van der Waals surface area contributed by atoms with Crippen molar-refractivity contribution in [3.05, 3.63) is 76.2 Å². The first-order chi connectivity index (χ1) is 14.0. The number of nitrogens with zero attached hydrogens (tertiary/aromatic N) is 1. The van der Waals surface area contributed by atoms with Gasteiger partial charge < -0.3 is 9.47 Å². The van der Waals surface area contributed by atoms with E-state index in [1.165, 1.54) is 16.7 Å². The number of benzene rings is 2. The van der Waals surface area contributed by atoms with E-state index in [2.05, 4.69) is 6.58 Å². The normalized spacial score (nSPS) is 15.1. The molecule has 0 atom stereocenters. The highest BCUT2D eigenvalue weighted by atomic mass is 35.5. The molecule has 1 saturated heterocycles. The summed E-state index contributed by atoms with van der Waals surface area (Å²) in [6.07, 6.45) is 3.47. The van der Waals surface area contributed by atoms with Gasteiger partial charge >= 0.3 is 0 Å². The molecule has 1 fully saturated rings. The van der Waals surface area contributed by atoms with E-state index in [0.29, 0.717) is 45.5 Å². The number of hydrogen-bond donors (Lipinski definition) is 0. The molecule has 1 heterocycles. The standard InChI is InChI=1S/C22H20ClNO3S2/c1-3-11-24-21(25)20(29-22(24)28)13-15-9-10-18(19(12-15)26-4-2)27-14-16-7-5-6-8-17(16)23/h3,5-10,12-13H,1,4,11,14H2,2H3/b20-13+. The van der Waals surface area contributed by atoms with Gasteiger partial charge in [0.2, 0.25) is 0 Å². The third-order valence-corrected chi connectivity index (χ3v) is 5.84. The SMILES string of the molecule is C=CCN1C(=O)/C(=C\c2ccc(OCc3ccccc3Cl)c(OCC)c2)SC1=S. The lowest BCUT2D eigenvalue weighted by atomic mass is 10.1. The van der Waals surface area contributed by atoms with Gasteiger partial charge in [0.25, 0.3) is 5.91 Å². The van der Waals surface area contributed by atoms with Gasteiger partial charge in [-0.05, 0) is 36.8 Å². The molecule has 0 aromatic heterocycles. The van der Waals surface area contributed by atoms with Crippen LogP contribution in [0.15, 0.2) is 60.0 Å². The number of carbonyl (C=O) groups is 1. The van der Waals surface area contributed by atoms with Gasteiger partial charge in [-0.15, -0.1) is 6.58 Å². The average molecular weight is 446 g/mol. The summed E-state index contributed by atoms with van der Waals surface area (Å²) in [5.74, 6) is 1.11. The number of ether oxygens (including phenoxy) is 2. The van der Waals surface area contributed by atoms with Crippen LogP contribution in [0.4, 0.5) is 0 Å². The Hall–Kier alpha value is -2.28. The summed E-state index contributed by atoms with van der Waals surface area (Å²) >= 11 is 12.8. The summed E-state index contributed by atoms with van der Waals surface area (Å²) in [4.78, 5) is 14.6. The number of thioether (sulfide) groups is 1. The van der Waals surface area contributed by atoms with Crippen LogP contribution in [0.2, 0.25) is 5.02 Å². The maximum Gasteiger partial charge on any atom is 0.266 e. The fourth-order valence-electron chi connectivity index (χ4n) is 2.71. The van der Waals surface area contributed by atoms with Crippen LogP contribution in [-0.4, -0.2) is 28.3 Å². The van der Waals surface area contributed by atoms with Crippen LogP contribution in [0.1, 0.15) is 18.1 Å². The van der Waals surface area contributed by atoms with E-state index in [1.54, 1.807) is 6.08 Å². The van der Waals surface area contributed by atoms with Crippen molar-refractivity contribution in [1.82, 2.24) is 4.90 Å². The molecule has 1 amide bonds. The fourth-order valence-corrected chi connectivity index (χ4v) is 4.18. The maximum atomic E-state index is 12.5. The lowest BCUT2D eigenvalue weighted by Crippen LogP contribution is -2.27. The van der Waals surface area contributed by atoms with Crippen LogP contribution < -0.4 is 9.47 Å². The second-order valence-corrected chi connectivity index (χ2v) is 8.18. The summed E-state index contributed by atoms with van der Waals surface area (Å²) in [5, 5.41) is 0.656. The predicted octanol–water partition coefficient (Wildman–Crippen LogP) is 5.70. The molecule has 29 heavy (non-hydrogen) atoms. The van der Waals surface area contributed by atoms with Gasteiger partial charge in [0.15, 0.2) is 11.5 Å². The number of amides is 1. The lowest BCUT2D eigenvalue weighted by molar-refractivity contribution is -0.121. The number of thiocarbonyl (C=S) groups is 1. The Kier molecular flexibility index (Phi) is 7.36. The number of rotatable bonds is 8. The Balaban J connectivity index is 1.81. The third kappa shape index (κ3) is 5.21. The van der Waals surface area contributed by atoms with Crippen LogP contribution in [0.3, 0.4) is 0 Å². The highest BCUT2D eigenvalue weighted by Gasteiger charge is 2.31. The highest BCUT2D eigenvalue weighted by Crippen LogP contribution is 2.35. The Bertz CT molecular complexity index is 974. The predicted molar refractivity (Wildman–Crippen MR) is 123 cm³/mol. The molecule has 0 spiro atoms. The molecule has 0 unspecified atom stereocenters. The zero-order valence-electron chi connectivity index (χ0n) is 15.9. The minimum Gasteiger partial charge on any atom is -0.490 e. The Labute approximate surface area is 185 Å². The first kappa shape index (κ1) is 21.4. The van der Waals surface area contributed by atoms with E-state index in [0.717, 1.165) is 11.1 Å². The molecule has 1 aliphatic heterocycles. The van der Waals surface area contributed by atoms with Crippen molar-refractivity contribution in [2.24, 2.45) is 0 Å². The zero-order valence-corrected chi connectivity index (χ0v) is 18.3. The maximum absolute atomic E-state index is 12.5. The molecule has 4 nitrogen and oxygen atoms in total. The molecule has 3 rings (SSSR count). The van der Waals surface area contributed by atoms with Crippen LogP contribution in [0.5, 0.6) is 11.5 Å². The molecular formula is C22H20ClNO3S2. The minimum absolute atomic E-state index is 0.114. The summed E-state index contributed by atoms with van der Waals surface area (Å²) in [7, 11) is 0. The highest BCUT2D eigenvalue weighted by molar-refractivity contribution is 8.26. The summed E-state index contributed by atoms with van der Waals surface area (Å²) in [5.41, 5.74) is 1.73. The van der Waals surface area contributed by atoms with Crippen LogP contribution in [0, 0.1) is 0 Å². The molecule has 150 valence electrons. The van der Waals surface area contributed by atoms with Gasteiger partial charge in [0.1, 0.15) is 10.9 Å². The molecule has 1 aliphatic rings.